The molecule has 1 aliphatic heterocycles. The lowest BCUT2D eigenvalue weighted by atomic mass is 9.78. The largest absolute Gasteiger partial charge is 0.359 e. The first-order chi connectivity index (χ1) is 16.0. The molecule has 0 aliphatic carbocycles. The van der Waals surface area contributed by atoms with Crippen molar-refractivity contribution in [1.82, 2.24) is 10.2 Å². The van der Waals surface area contributed by atoms with Crippen molar-refractivity contribution in [2.45, 2.75) is 25.7 Å². The zero-order valence-electron chi connectivity index (χ0n) is 18.9. The van der Waals surface area contributed by atoms with Crippen LogP contribution in [-0.4, -0.2) is 36.9 Å². The van der Waals surface area contributed by atoms with Crippen LogP contribution in [0.15, 0.2) is 78.9 Å². The van der Waals surface area contributed by atoms with Crippen LogP contribution in [-0.2, 0) is 22.4 Å². The monoisotopic (exact) mass is 444 g/mol. The van der Waals surface area contributed by atoms with Crippen LogP contribution in [0.4, 0.5) is 4.39 Å². The molecule has 0 aromatic heterocycles. The summed E-state index contributed by atoms with van der Waals surface area (Å²) in [5, 5.41) is 2.83. The smallest absolute Gasteiger partial charge is 0.228 e. The fourth-order valence-corrected chi connectivity index (χ4v) is 4.80. The van der Waals surface area contributed by atoms with Gasteiger partial charge in [-0.15, -0.1) is 0 Å². The zero-order valence-corrected chi connectivity index (χ0v) is 18.9. The Balaban J connectivity index is 1.52. The van der Waals surface area contributed by atoms with Gasteiger partial charge in [-0.05, 0) is 47.6 Å². The van der Waals surface area contributed by atoms with E-state index in [-0.39, 0.29) is 24.1 Å². The highest BCUT2D eigenvalue weighted by atomic mass is 19.1. The van der Waals surface area contributed by atoms with E-state index in [0.717, 1.165) is 16.7 Å². The summed E-state index contributed by atoms with van der Waals surface area (Å²) >= 11 is 0. The Bertz CT molecular complexity index is 1130. The Hall–Kier alpha value is -3.47. The van der Waals surface area contributed by atoms with Crippen LogP contribution in [0.25, 0.3) is 11.1 Å². The van der Waals surface area contributed by atoms with Gasteiger partial charge in [0.2, 0.25) is 11.8 Å². The minimum Gasteiger partial charge on any atom is -0.359 e. The van der Waals surface area contributed by atoms with Gasteiger partial charge >= 0.3 is 0 Å². The summed E-state index contributed by atoms with van der Waals surface area (Å²) in [4.78, 5) is 27.8. The van der Waals surface area contributed by atoms with Crippen molar-refractivity contribution in [3.05, 3.63) is 95.8 Å². The molecule has 0 spiro atoms. The number of aryl methyl sites for hydroxylation is 1. The fraction of sp³-hybridized carbons (Fsp3) is 0.286. The second-order valence-electron chi connectivity index (χ2n) is 8.72. The van der Waals surface area contributed by atoms with E-state index in [1.165, 1.54) is 6.07 Å². The quantitative estimate of drug-likeness (QED) is 0.578. The third-order valence-corrected chi connectivity index (χ3v) is 6.61. The number of nitrogens with one attached hydrogen (secondary N) is 1. The van der Waals surface area contributed by atoms with Crippen molar-refractivity contribution >= 4 is 11.8 Å². The van der Waals surface area contributed by atoms with Crippen LogP contribution >= 0.6 is 0 Å². The molecular weight excluding hydrogens is 415 g/mol. The Kier molecular flexibility index (Phi) is 6.87. The highest BCUT2D eigenvalue weighted by Crippen LogP contribution is 2.37. The minimum atomic E-state index is -0.687. The number of carbonyl (C=O) groups excluding carboxylic acids is 2. The van der Waals surface area contributed by atoms with Gasteiger partial charge in [0.1, 0.15) is 5.82 Å². The summed E-state index contributed by atoms with van der Waals surface area (Å²) in [6.45, 7) is 0.892. The minimum absolute atomic E-state index is 0.0413. The maximum atomic E-state index is 13.9. The van der Waals surface area contributed by atoms with Crippen molar-refractivity contribution in [3.8, 4) is 11.1 Å². The number of benzene rings is 3. The van der Waals surface area contributed by atoms with E-state index >= 15 is 0 Å². The number of rotatable bonds is 7. The number of nitrogens with zero attached hydrogens (tertiary/aromatic N) is 1. The second kappa shape index (κ2) is 9.99. The second-order valence-corrected chi connectivity index (χ2v) is 8.72. The van der Waals surface area contributed by atoms with Crippen LogP contribution in [0, 0.1) is 11.2 Å². The number of hydrogen-bond donors (Lipinski definition) is 1. The molecule has 1 aliphatic rings. The van der Waals surface area contributed by atoms with Crippen molar-refractivity contribution in [3.63, 3.8) is 0 Å². The molecule has 0 bridgehead atoms. The van der Waals surface area contributed by atoms with Gasteiger partial charge in [0.05, 0.1) is 5.41 Å². The van der Waals surface area contributed by atoms with Gasteiger partial charge in [-0.3, -0.25) is 9.59 Å². The molecule has 1 N–H and O–H groups in total. The van der Waals surface area contributed by atoms with Gasteiger partial charge in [0.15, 0.2) is 0 Å². The number of halogens is 1. The molecule has 1 atom stereocenters. The number of hydrogen-bond acceptors (Lipinski definition) is 2. The van der Waals surface area contributed by atoms with Crippen LogP contribution in [0.2, 0.25) is 0 Å². The Morgan fingerprint density at radius 2 is 1.61 bits per heavy atom. The van der Waals surface area contributed by atoms with Gasteiger partial charge in [0, 0.05) is 26.6 Å². The van der Waals surface area contributed by atoms with E-state index in [1.54, 1.807) is 30.1 Å². The third-order valence-electron chi connectivity index (χ3n) is 6.61. The topological polar surface area (TPSA) is 49.4 Å². The molecule has 170 valence electrons. The maximum absolute atomic E-state index is 13.9. The summed E-state index contributed by atoms with van der Waals surface area (Å²) in [5.41, 5.74) is 3.15. The molecule has 2 amide bonds. The Labute approximate surface area is 194 Å². The predicted molar refractivity (Wildman–Crippen MR) is 128 cm³/mol. The summed E-state index contributed by atoms with van der Waals surface area (Å²) < 4.78 is 13.9. The van der Waals surface area contributed by atoms with Crippen LogP contribution in [0.5, 0.6) is 0 Å². The lowest BCUT2D eigenvalue weighted by Gasteiger charge is -2.28. The summed E-state index contributed by atoms with van der Waals surface area (Å²) in [5.74, 6) is -0.376. The first-order valence-corrected chi connectivity index (χ1v) is 11.4. The average molecular weight is 445 g/mol. The molecule has 0 unspecified atom stereocenters. The Morgan fingerprint density at radius 1 is 0.939 bits per heavy atom. The van der Waals surface area contributed by atoms with Crippen LogP contribution in [0.1, 0.15) is 24.0 Å². The van der Waals surface area contributed by atoms with Gasteiger partial charge in [-0.25, -0.2) is 4.39 Å². The molecule has 1 heterocycles. The van der Waals surface area contributed by atoms with Crippen molar-refractivity contribution in [2.24, 2.45) is 5.41 Å². The lowest BCUT2D eigenvalue weighted by molar-refractivity contribution is -0.133. The average Bonchev–Trinajstić information content (AvgIpc) is 3.29. The summed E-state index contributed by atoms with van der Waals surface area (Å²) in [7, 11) is 1.65. The Morgan fingerprint density at radius 3 is 2.33 bits per heavy atom. The third kappa shape index (κ3) is 4.98. The normalized spacial score (nSPS) is 17.7. The molecule has 33 heavy (non-hydrogen) atoms. The van der Waals surface area contributed by atoms with E-state index < -0.39 is 5.41 Å². The number of likely N-dealkylation sites (tertiary alicyclic amines) is 1. The predicted octanol–water partition coefficient (Wildman–Crippen LogP) is 4.63. The summed E-state index contributed by atoms with van der Waals surface area (Å²) in [6, 6.07) is 24.8. The van der Waals surface area contributed by atoms with Crippen molar-refractivity contribution in [2.75, 3.05) is 20.1 Å². The molecule has 5 heteroatoms. The van der Waals surface area contributed by atoms with Gasteiger partial charge in [-0.2, -0.15) is 0 Å². The molecule has 1 fully saturated rings. The highest BCUT2D eigenvalue weighted by molar-refractivity contribution is 5.86. The maximum Gasteiger partial charge on any atom is 0.228 e. The van der Waals surface area contributed by atoms with E-state index in [0.29, 0.717) is 37.9 Å². The molecule has 0 saturated carbocycles. The molecular formula is C28H29FN2O2. The van der Waals surface area contributed by atoms with Crippen molar-refractivity contribution in [1.29, 1.82) is 0 Å². The fourth-order valence-electron chi connectivity index (χ4n) is 4.80. The zero-order chi connectivity index (χ0) is 23.3. The van der Waals surface area contributed by atoms with Crippen LogP contribution in [0.3, 0.4) is 0 Å². The first kappa shape index (κ1) is 22.7. The van der Waals surface area contributed by atoms with Gasteiger partial charge in [0.25, 0.3) is 0 Å². The summed E-state index contributed by atoms with van der Waals surface area (Å²) in [6.07, 6.45) is 1.73. The van der Waals surface area contributed by atoms with Gasteiger partial charge < -0.3 is 10.2 Å². The molecule has 3 aromatic rings. The standard InChI is InChI=1S/C28H29FN2O2/c1-30-27(33)28(19-23-12-5-7-13-24(23)21-9-3-2-4-10-21)17-18-31(20-28)26(32)16-15-22-11-6-8-14-25(22)29/h2-14H,15-20H2,1H3,(H,30,33)/t28-/m1/s1. The highest BCUT2D eigenvalue weighted by Gasteiger charge is 2.45. The molecule has 1 saturated heterocycles. The van der Waals surface area contributed by atoms with Crippen molar-refractivity contribution < 1.29 is 14.0 Å². The van der Waals surface area contributed by atoms with Gasteiger partial charge in [-0.1, -0.05) is 72.8 Å². The SMILES string of the molecule is CNC(=O)[C@@]1(Cc2ccccc2-c2ccccc2)CCN(C(=O)CCc2ccccc2F)C1. The lowest BCUT2D eigenvalue weighted by Crippen LogP contribution is -2.44. The number of amides is 2. The molecule has 4 nitrogen and oxygen atoms in total. The number of carbonyl (C=O) groups is 2. The van der Waals surface area contributed by atoms with E-state index in [1.807, 2.05) is 30.3 Å². The van der Waals surface area contributed by atoms with E-state index in [9.17, 15) is 14.0 Å². The van der Waals surface area contributed by atoms with Crippen LogP contribution < -0.4 is 5.32 Å². The molecule has 4 rings (SSSR count). The molecule has 3 aromatic carbocycles. The first-order valence-electron chi connectivity index (χ1n) is 11.4. The molecule has 0 radical (unpaired) electrons. The van der Waals surface area contributed by atoms with E-state index in [4.69, 9.17) is 0 Å². The van der Waals surface area contributed by atoms with E-state index in [2.05, 4.69) is 29.6 Å².